The summed E-state index contributed by atoms with van der Waals surface area (Å²) in [6.45, 7) is 6.63. The first kappa shape index (κ1) is 15.6. The van der Waals surface area contributed by atoms with E-state index < -0.39 is 0 Å². The SMILES string of the molecule is CCOC(=O)c1cc(N)cnc1NC1CCCCC1(C)C. The van der Waals surface area contributed by atoms with E-state index in [9.17, 15) is 4.79 Å². The number of ether oxygens (including phenoxy) is 1. The van der Waals surface area contributed by atoms with Gasteiger partial charge in [0.1, 0.15) is 11.4 Å². The molecule has 1 aromatic heterocycles. The second-order valence-corrected chi connectivity index (χ2v) is 6.32. The maximum absolute atomic E-state index is 12.1. The van der Waals surface area contributed by atoms with Gasteiger partial charge in [0.15, 0.2) is 0 Å². The van der Waals surface area contributed by atoms with Crippen LogP contribution in [0.25, 0.3) is 0 Å². The molecule has 5 heteroatoms. The van der Waals surface area contributed by atoms with Gasteiger partial charge in [0.2, 0.25) is 0 Å². The molecule has 1 aromatic rings. The maximum Gasteiger partial charge on any atom is 0.341 e. The van der Waals surface area contributed by atoms with Crippen molar-refractivity contribution in [2.45, 2.75) is 52.5 Å². The summed E-state index contributed by atoms with van der Waals surface area (Å²) >= 11 is 0. The van der Waals surface area contributed by atoms with Crippen molar-refractivity contribution in [1.29, 1.82) is 0 Å². The van der Waals surface area contributed by atoms with E-state index in [1.807, 2.05) is 0 Å². The Bertz CT molecular complexity index is 514. The number of carbonyl (C=O) groups excluding carboxylic acids is 1. The minimum absolute atomic E-state index is 0.188. The average Bonchev–Trinajstić information content (AvgIpc) is 2.43. The van der Waals surface area contributed by atoms with Crippen molar-refractivity contribution in [3.05, 3.63) is 17.8 Å². The van der Waals surface area contributed by atoms with Crippen molar-refractivity contribution in [2.75, 3.05) is 17.7 Å². The van der Waals surface area contributed by atoms with Crippen molar-refractivity contribution >= 4 is 17.5 Å². The largest absolute Gasteiger partial charge is 0.462 e. The minimum Gasteiger partial charge on any atom is -0.462 e. The van der Waals surface area contributed by atoms with Gasteiger partial charge in [0.05, 0.1) is 18.5 Å². The lowest BCUT2D eigenvalue weighted by atomic mass is 9.73. The number of rotatable bonds is 4. The molecular formula is C16H25N3O2. The molecule has 0 bridgehead atoms. The quantitative estimate of drug-likeness (QED) is 0.833. The minimum atomic E-state index is -0.381. The number of nitrogen functional groups attached to an aromatic ring is 1. The van der Waals surface area contributed by atoms with Gasteiger partial charge < -0.3 is 15.8 Å². The molecule has 1 fully saturated rings. The Hall–Kier alpha value is -1.78. The van der Waals surface area contributed by atoms with Crippen LogP contribution in [0.5, 0.6) is 0 Å². The van der Waals surface area contributed by atoms with Gasteiger partial charge in [-0.3, -0.25) is 0 Å². The molecule has 0 saturated heterocycles. The molecule has 1 heterocycles. The smallest absolute Gasteiger partial charge is 0.341 e. The number of carbonyl (C=O) groups is 1. The molecule has 116 valence electrons. The molecule has 3 N–H and O–H groups in total. The molecule has 21 heavy (non-hydrogen) atoms. The number of nitrogens with zero attached hydrogens (tertiary/aromatic N) is 1. The lowest BCUT2D eigenvalue weighted by Gasteiger charge is -2.39. The standard InChI is InChI=1S/C16H25N3O2/c1-4-21-15(20)12-9-11(17)10-18-14(12)19-13-7-5-6-8-16(13,2)3/h9-10,13H,4-8,17H2,1-3H3,(H,18,19). The van der Waals surface area contributed by atoms with Crippen LogP contribution in [0.1, 0.15) is 56.8 Å². The van der Waals surface area contributed by atoms with Gasteiger partial charge in [0.25, 0.3) is 0 Å². The Morgan fingerprint density at radius 3 is 2.95 bits per heavy atom. The third kappa shape index (κ3) is 3.65. The van der Waals surface area contributed by atoms with E-state index in [0.717, 1.165) is 6.42 Å². The number of esters is 1. The lowest BCUT2D eigenvalue weighted by Crippen LogP contribution is -2.39. The fraction of sp³-hybridized carbons (Fsp3) is 0.625. The Morgan fingerprint density at radius 1 is 1.52 bits per heavy atom. The van der Waals surface area contributed by atoms with E-state index in [2.05, 4.69) is 24.1 Å². The van der Waals surface area contributed by atoms with E-state index >= 15 is 0 Å². The summed E-state index contributed by atoms with van der Waals surface area (Å²) in [6.07, 6.45) is 6.28. The number of anilines is 2. The van der Waals surface area contributed by atoms with E-state index in [4.69, 9.17) is 10.5 Å². The van der Waals surface area contributed by atoms with E-state index in [1.54, 1.807) is 19.2 Å². The summed E-state index contributed by atoms with van der Waals surface area (Å²) in [5, 5.41) is 3.44. The van der Waals surface area contributed by atoms with Gasteiger partial charge in [-0.1, -0.05) is 26.7 Å². The van der Waals surface area contributed by atoms with Crippen molar-refractivity contribution in [1.82, 2.24) is 4.98 Å². The summed E-state index contributed by atoms with van der Waals surface area (Å²) in [6, 6.07) is 1.93. The van der Waals surface area contributed by atoms with Crippen LogP contribution in [0, 0.1) is 5.41 Å². The molecule has 1 aliphatic carbocycles. The highest BCUT2D eigenvalue weighted by Gasteiger charge is 2.33. The van der Waals surface area contributed by atoms with Crippen molar-refractivity contribution in [3.63, 3.8) is 0 Å². The van der Waals surface area contributed by atoms with E-state index in [1.165, 1.54) is 19.3 Å². The number of nitrogens with two attached hydrogens (primary N) is 1. The molecule has 0 aromatic carbocycles. The van der Waals surface area contributed by atoms with Gasteiger partial charge >= 0.3 is 5.97 Å². The normalized spacial score (nSPS) is 20.8. The van der Waals surface area contributed by atoms with Crippen LogP contribution in [-0.4, -0.2) is 23.6 Å². The molecule has 0 spiro atoms. The first-order valence-corrected chi connectivity index (χ1v) is 7.63. The summed E-state index contributed by atoms with van der Waals surface area (Å²) in [7, 11) is 0. The molecule has 1 unspecified atom stereocenters. The molecule has 1 saturated carbocycles. The number of hydrogen-bond donors (Lipinski definition) is 2. The lowest BCUT2D eigenvalue weighted by molar-refractivity contribution is 0.0527. The third-order valence-corrected chi connectivity index (χ3v) is 4.22. The number of hydrogen-bond acceptors (Lipinski definition) is 5. The zero-order chi connectivity index (χ0) is 15.5. The topological polar surface area (TPSA) is 77.2 Å². The van der Waals surface area contributed by atoms with Crippen LogP contribution >= 0.6 is 0 Å². The Labute approximate surface area is 126 Å². The molecule has 5 nitrogen and oxygen atoms in total. The van der Waals surface area contributed by atoms with Gasteiger partial charge in [-0.05, 0) is 31.2 Å². The molecule has 2 rings (SSSR count). The van der Waals surface area contributed by atoms with Crippen molar-refractivity contribution in [3.8, 4) is 0 Å². The highest BCUT2D eigenvalue weighted by Crippen LogP contribution is 2.37. The Morgan fingerprint density at radius 2 is 2.29 bits per heavy atom. The molecule has 0 aliphatic heterocycles. The fourth-order valence-electron chi connectivity index (χ4n) is 2.89. The predicted octanol–water partition coefficient (Wildman–Crippen LogP) is 3.22. The van der Waals surface area contributed by atoms with Crippen LogP contribution in [0.2, 0.25) is 0 Å². The Balaban J connectivity index is 2.24. The number of aromatic nitrogens is 1. The second kappa shape index (κ2) is 6.33. The predicted molar refractivity (Wildman–Crippen MR) is 84.3 cm³/mol. The van der Waals surface area contributed by atoms with Gasteiger partial charge in [-0.2, -0.15) is 0 Å². The monoisotopic (exact) mass is 291 g/mol. The highest BCUT2D eigenvalue weighted by molar-refractivity contribution is 5.95. The molecule has 1 atom stereocenters. The average molecular weight is 291 g/mol. The molecule has 0 amide bonds. The van der Waals surface area contributed by atoms with Crippen LogP contribution in [0.15, 0.2) is 12.3 Å². The first-order chi connectivity index (χ1) is 9.94. The Kier molecular flexibility index (Phi) is 4.70. The van der Waals surface area contributed by atoms with Crippen molar-refractivity contribution < 1.29 is 9.53 Å². The molecule has 1 aliphatic rings. The molecule has 0 radical (unpaired) electrons. The van der Waals surface area contributed by atoms with E-state index in [0.29, 0.717) is 29.7 Å². The van der Waals surface area contributed by atoms with Crippen LogP contribution < -0.4 is 11.1 Å². The highest BCUT2D eigenvalue weighted by atomic mass is 16.5. The van der Waals surface area contributed by atoms with Gasteiger partial charge in [-0.25, -0.2) is 9.78 Å². The summed E-state index contributed by atoms with van der Waals surface area (Å²) in [4.78, 5) is 16.4. The first-order valence-electron chi connectivity index (χ1n) is 7.63. The number of nitrogens with one attached hydrogen (secondary N) is 1. The van der Waals surface area contributed by atoms with Crippen molar-refractivity contribution in [2.24, 2.45) is 5.41 Å². The second-order valence-electron chi connectivity index (χ2n) is 6.32. The maximum atomic E-state index is 12.1. The van der Waals surface area contributed by atoms with Crippen LogP contribution in [0.3, 0.4) is 0 Å². The summed E-state index contributed by atoms with van der Waals surface area (Å²) < 4.78 is 5.09. The number of pyridine rings is 1. The summed E-state index contributed by atoms with van der Waals surface area (Å²) in [5.74, 6) is 0.191. The van der Waals surface area contributed by atoms with E-state index in [-0.39, 0.29) is 11.4 Å². The summed E-state index contributed by atoms with van der Waals surface area (Å²) in [5.41, 5.74) is 6.82. The molecular weight excluding hydrogens is 266 g/mol. The van der Waals surface area contributed by atoms with Gasteiger partial charge in [0, 0.05) is 6.04 Å². The van der Waals surface area contributed by atoms with Crippen LogP contribution in [0.4, 0.5) is 11.5 Å². The fourth-order valence-corrected chi connectivity index (χ4v) is 2.89. The zero-order valence-corrected chi connectivity index (χ0v) is 13.1. The zero-order valence-electron chi connectivity index (χ0n) is 13.1. The van der Waals surface area contributed by atoms with Gasteiger partial charge in [-0.15, -0.1) is 0 Å². The van der Waals surface area contributed by atoms with Crippen LogP contribution in [-0.2, 0) is 4.74 Å². The third-order valence-electron chi connectivity index (χ3n) is 4.22.